The van der Waals surface area contributed by atoms with Crippen molar-refractivity contribution in [3.05, 3.63) is 42.5 Å². The number of nitrogens with zero attached hydrogens (tertiary/aromatic N) is 2. The van der Waals surface area contributed by atoms with E-state index >= 15 is 0 Å². The van der Waals surface area contributed by atoms with Crippen molar-refractivity contribution in [1.82, 2.24) is 0 Å². The van der Waals surface area contributed by atoms with Gasteiger partial charge in [-0.25, -0.2) is 0 Å². The Balaban J connectivity index is 2.39. The van der Waals surface area contributed by atoms with Crippen molar-refractivity contribution in [1.29, 1.82) is 0 Å². The first-order chi connectivity index (χ1) is 14.6. The third-order valence-corrected chi connectivity index (χ3v) is 6.79. The van der Waals surface area contributed by atoms with Crippen LogP contribution in [0.25, 0.3) is 10.8 Å². The SMILES string of the molecule is Nc1cccc(N=Nc2c(O)ccc3cc(S(=O)(=O)O)cc(S(=O)(=O)O)c23)c1S(=O)(=O)O. The summed E-state index contributed by atoms with van der Waals surface area (Å²) >= 11 is 0. The van der Waals surface area contributed by atoms with Crippen LogP contribution in [0.2, 0.25) is 0 Å². The summed E-state index contributed by atoms with van der Waals surface area (Å²) in [6.07, 6.45) is 0. The van der Waals surface area contributed by atoms with Crippen LogP contribution in [0.4, 0.5) is 17.1 Å². The van der Waals surface area contributed by atoms with Crippen LogP contribution in [0.3, 0.4) is 0 Å². The van der Waals surface area contributed by atoms with Crippen LogP contribution in [-0.2, 0) is 30.4 Å². The Kier molecular flexibility index (Phi) is 5.71. The molecule has 3 rings (SSSR count). The molecule has 3 aromatic carbocycles. The van der Waals surface area contributed by atoms with Crippen LogP contribution in [-0.4, -0.2) is 44.0 Å². The van der Waals surface area contributed by atoms with E-state index in [1.165, 1.54) is 6.07 Å². The highest BCUT2D eigenvalue weighted by Gasteiger charge is 2.24. The van der Waals surface area contributed by atoms with Crippen molar-refractivity contribution in [2.45, 2.75) is 14.7 Å². The molecule has 0 aromatic heterocycles. The third kappa shape index (κ3) is 4.54. The van der Waals surface area contributed by atoms with E-state index in [1.807, 2.05) is 0 Å². The van der Waals surface area contributed by atoms with Crippen LogP contribution in [0.1, 0.15) is 0 Å². The standard InChI is InChI=1S/C16H13N3O10S3/c17-10-2-1-3-11(16(10)32(27,28)29)18-19-15-12(20)5-4-8-6-9(30(21,22)23)7-13(14(8)15)31(24,25)26/h1-7,20H,17H2,(H,21,22,23)(H,24,25,26)(H,27,28,29). The molecule has 0 radical (unpaired) electrons. The van der Waals surface area contributed by atoms with Gasteiger partial charge in [0.05, 0.1) is 10.6 Å². The second-order valence-electron chi connectivity index (χ2n) is 6.27. The fourth-order valence-electron chi connectivity index (χ4n) is 2.83. The number of nitrogens with two attached hydrogens (primary N) is 1. The first-order valence-electron chi connectivity index (χ1n) is 8.13. The molecule has 0 saturated heterocycles. The van der Waals surface area contributed by atoms with Crippen LogP contribution >= 0.6 is 0 Å². The van der Waals surface area contributed by atoms with E-state index in [9.17, 15) is 44.0 Å². The van der Waals surface area contributed by atoms with Crippen LogP contribution in [0, 0.1) is 0 Å². The van der Waals surface area contributed by atoms with Crippen LogP contribution in [0.15, 0.2) is 67.4 Å². The van der Waals surface area contributed by atoms with Gasteiger partial charge < -0.3 is 10.8 Å². The first kappa shape index (κ1) is 23.5. The number of fused-ring (bicyclic) bond motifs is 1. The Morgan fingerprint density at radius 3 is 2.00 bits per heavy atom. The highest BCUT2D eigenvalue weighted by Crippen LogP contribution is 2.41. The normalized spacial score (nSPS) is 13.1. The quantitative estimate of drug-likeness (QED) is 0.192. The molecule has 0 bridgehead atoms. The second kappa shape index (κ2) is 7.76. The topological polar surface area (TPSA) is 234 Å². The van der Waals surface area contributed by atoms with Gasteiger partial charge in [-0.15, -0.1) is 10.2 Å². The van der Waals surface area contributed by atoms with Gasteiger partial charge in [0.25, 0.3) is 30.4 Å². The van der Waals surface area contributed by atoms with E-state index in [4.69, 9.17) is 5.73 Å². The maximum absolute atomic E-state index is 11.9. The number of anilines is 1. The zero-order valence-corrected chi connectivity index (χ0v) is 17.9. The van der Waals surface area contributed by atoms with Gasteiger partial charge in [-0.3, -0.25) is 13.7 Å². The summed E-state index contributed by atoms with van der Waals surface area (Å²) in [5.41, 5.74) is 4.12. The molecule has 32 heavy (non-hydrogen) atoms. The number of hydrogen-bond donors (Lipinski definition) is 5. The molecule has 0 unspecified atom stereocenters. The number of azo groups is 1. The van der Waals surface area contributed by atoms with Gasteiger partial charge in [-0.2, -0.15) is 25.3 Å². The maximum atomic E-state index is 11.9. The summed E-state index contributed by atoms with van der Waals surface area (Å²) in [6.45, 7) is 0. The largest absolute Gasteiger partial charge is 0.506 e. The molecule has 0 fully saturated rings. The van der Waals surface area contributed by atoms with Gasteiger partial charge >= 0.3 is 0 Å². The predicted octanol–water partition coefficient (Wildman–Crippen LogP) is 2.28. The lowest BCUT2D eigenvalue weighted by Gasteiger charge is -2.10. The van der Waals surface area contributed by atoms with E-state index in [0.717, 1.165) is 30.3 Å². The lowest BCUT2D eigenvalue weighted by molar-refractivity contribution is 0.477. The molecule has 16 heteroatoms. The van der Waals surface area contributed by atoms with E-state index in [2.05, 4.69) is 10.2 Å². The lowest BCUT2D eigenvalue weighted by atomic mass is 10.1. The molecule has 0 spiro atoms. The van der Waals surface area contributed by atoms with Gasteiger partial charge in [0.1, 0.15) is 26.9 Å². The minimum atomic E-state index is -5.12. The number of aromatic hydroxyl groups is 1. The summed E-state index contributed by atoms with van der Waals surface area (Å²) in [7, 11) is -14.8. The van der Waals surface area contributed by atoms with Crippen molar-refractivity contribution in [3.8, 4) is 5.75 Å². The van der Waals surface area contributed by atoms with E-state index in [0.29, 0.717) is 6.07 Å². The monoisotopic (exact) mass is 503 g/mol. The molecular formula is C16H13N3O10S3. The van der Waals surface area contributed by atoms with E-state index in [-0.39, 0.29) is 11.1 Å². The van der Waals surface area contributed by atoms with Crippen molar-refractivity contribution in [2.24, 2.45) is 10.2 Å². The number of benzene rings is 3. The number of phenols is 1. The molecule has 3 aromatic rings. The molecule has 0 aliphatic rings. The molecular weight excluding hydrogens is 490 g/mol. The number of rotatable bonds is 5. The fraction of sp³-hybridized carbons (Fsp3) is 0. The summed E-state index contributed by atoms with van der Waals surface area (Å²) in [4.78, 5) is -2.70. The molecule has 13 nitrogen and oxygen atoms in total. The smallest absolute Gasteiger partial charge is 0.298 e. The highest BCUT2D eigenvalue weighted by molar-refractivity contribution is 7.87. The number of nitrogen functional groups attached to an aromatic ring is 1. The Hall–Kier alpha value is -3.15. The van der Waals surface area contributed by atoms with Gasteiger partial charge in [0.15, 0.2) is 0 Å². The van der Waals surface area contributed by atoms with Crippen molar-refractivity contribution >= 4 is 58.2 Å². The van der Waals surface area contributed by atoms with Gasteiger partial charge in [-0.1, -0.05) is 12.1 Å². The molecule has 0 aliphatic heterocycles. The first-order valence-corrected chi connectivity index (χ1v) is 12.4. The molecule has 0 saturated carbocycles. The summed E-state index contributed by atoms with van der Waals surface area (Å²) in [5, 5.41) is 16.8. The molecule has 0 heterocycles. The fourth-order valence-corrected chi connectivity index (χ4v) is 4.94. The van der Waals surface area contributed by atoms with Crippen molar-refractivity contribution in [2.75, 3.05) is 5.73 Å². The lowest BCUT2D eigenvalue weighted by Crippen LogP contribution is -2.04. The Morgan fingerprint density at radius 1 is 0.781 bits per heavy atom. The summed E-state index contributed by atoms with van der Waals surface area (Å²) in [5.74, 6) is -0.678. The molecule has 0 atom stereocenters. The highest BCUT2D eigenvalue weighted by atomic mass is 32.2. The van der Waals surface area contributed by atoms with Gasteiger partial charge in [0.2, 0.25) is 0 Å². The van der Waals surface area contributed by atoms with E-state index in [1.54, 1.807) is 0 Å². The predicted molar refractivity (Wildman–Crippen MR) is 110 cm³/mol. The second-order valence-corrected chi connectivity index (χ2v) is 10.4. The van der Waals surface area contributed by atoms with Gasteiger partial charge in [0, 0.05) is 5.39 Å². The zero-order chi connectivity index (χ0) is 24.1. The van der Waals surface area contributed by atoms with Crippen molar-refractivity contribution in [3.63, 3.8) is 0 Å². The minimum Gasteiger partial charge on any atom is -0.506 e. The summed E-state index contributed by atoms with van der Waals surface area (Å²) in [6, 6.07) is 6.90. The molecule has 170 valence electrons. The van der Waals surface area contributed by atoms with Crippen LogP contribution < -0.4 is 5.73 Å². The molecule has 6 N–H and O–H groups in total. The minimum absolute atomic E-state index is 0.193. The number of hydrogen-bond acceptors (Lipinski definition) is 10. The summed E-state index contributed by atoms with van der Waals surface area (Å²) < 4.78 is 98.2. The number of phenolic OH excluding ortho intramolecular Hbond substituents is 1. The van der Waals surface area contributed by atoms with Crippen LogP contribution in [0.5, 0.6) is 5.75 Å². The Labute approximate surface area is 181 Å². The third-order valence-electron chi connectivity index (χ3n) is 4.12. The van der Waals surface area contributed by atoms with Crippen molar-refractivity contribution < 1.29 is 44.0 Å². The van der Waals surface area contributed by atoms with E-state index < -0.39 is 67.6 Å². The van der Waals surface area contributed by atoms with Gasteiger partial charge in [-0.05, 0) is 35.7 Å². The average Bonchev–Trinajstić information content (AvgIpc) is 2.63. The maximum Gasteiger partial charge on any atom is 0.298 e. The Bertz CT molecular complexity index is 1610. The molecule has 0 aliphatic carbocycles. The Morgan fingerprint density at radius 2 is 1.44 bits per heavy atom. The average molecular weight is 503 g/mol. The molecule has 0 amide bonds. The zero-order valence-electron chi connectivity index (χ0n) is 15.5.